The van der Waals surface area contributed by atoms with Crippen LogP contribution in [0.25, 0.3) is 0 Å². The molecule has 0 bridgehead atoms. The number of aryl methyl sites for hydroxylation is 2. The van der Waals surface area contributed by atoms with Crippen LogP contribution in [0.1, 0.15) is 43.4 Å². The first-order chi connectivity index (χ1) is 9.19. The van der Waals surface area contributed by atoms with E-state index in [0.717, 1.165) is 19.6 Å². The molecule has 2 rings (SSSR count). The minimum absolute atomic E-state index is 0.623. The Balaban J connectivity index is 2.01. The summed E-state index contributed by atoms with van der Waals surface area (Å²) in [5.74, 6) is 0.646. The van der Waals surface area contributed by atoms with Crippen molar-refractivity contribution in [2.75, 3.05) is 13.1 Å². The molecule has 0 atom stereocenters. The van der Waals surface area contributed by atoms with E-state index in [4.69, 9.17) is 5.26 Å². The van der Waals surface area contributed by atoms with Crippen LogP contribution in [-0.2, 0) is 19.4 Å². The molecule has 1 aliphatic carbocycles. The third-order valence-corrected chi connectivity index (χ3v) is 3.73. The molecule has 0 N–H and O–H groups in total. The van der Waals surface area contributed by atoms with Crippen LogP contribution in [-0.4, -0.2) is 18.0 Å². The Hall–Kier alpha value is -1.33. The van der Waals surface area contributed by atoms with Gasteiger partial charge in [0.15, 0.2) is 0 Å². The van der Waals surface area contributed by atoms with Crippen molar-refractivity contribution >= 4 is 0 Å². The van der Waals surface area contributed by atoms with Crippen LogP contribution in [0.2, 0.25) is 0 Å². The summed E-state index contributed by atoms with van der Waals surface area (Å²) in [6.07, 6.45) is 4.42. The molecule has 2 heteroatoms. The molecular weight excluding hydrogens is 232 g/mol. The van der Waals surface area contributed by atoms with Crippen molar-refractivity contribution in [1.82, 2.24) is 4.90 Å². The lowest BCUT2D eigenvalue weighted by atomic mass is 10.1. The first-order valence-corrected chi connectivity index (χ1v) is 7.39. The molecule has 1 aromatic carbocycles. The van der Waals surface area contributed by atoms with Gasteiger partial charge in [0.1, 0.15) is 0 Å². The SMILES string of the molecule is CC(C)CN(CCC#N)Cc1ccc2c(c1)CCC2. The first kappa shape index (κ1) is 14.1. The van der Waals surface area contributed by atoms with Crippen LogP contribution in [0.5, 0.6) is 0 Å². The van der Waals surface area contributed by atoms with Crippen LogP contribution in [0.3, 0.4) is 0 Å². The zero-order chi connectivity index (χ0) is 13.7. The van der Waals surface area contributed by atoms with Gasteiger partial charge in [-0.2, -0.15) is 5.26 Å². The second-order valence-corrected chi connectivity index (χ2v) is 5.99. The molecule has 0 heterocycles. The fourth-order valence-electron chi connectivity index (χ4n) is 2.94. The molecule has 0 saturated carbocycles. The third-order valence-electron chi connectivity index (χ3n) is 3.73. The van der Waals surface area contributed by atoms with Gasteiger partial charge >= 0.3 is 0 Å². The summed E-state index contributed by atoms with van der Waals surface area (Å²) in [7, 11) is 0. The Morgan fingerprint density at radius 2 is 2.05 bits per heavy atom. The minimum Gasteiger partial charge on any atom is -0.298 e. The van der Waals surface area contributed by atoms with E-state index in [1.165, 1.54) is 30.4 Å². The summed E-state index contributed by atoms with van der Waals surface area (Å²) in [6.45, 7) is 7.40. The molecule has 1 aromatic rings. The minimum atomic E-state index is 0.623. The highest BCUT2D eigenvalue weighted by Crippen LogP contribution is 2.23. The molecule has 0 aromatic heterocycles. The second kappa shape index (κ2) is 6.73. The van der Waals surface area contributed by atoms with Gasteiger partial charge in [0.2, 0.25) is 0 Å². The van der Waals surface area contributed by atoms with E-state index < -0.39 is 0 Å². The molecule has 0 amide bonds. The molecule has 1 aliphatic rings. The summed E-state index contributed by atoms with van der Waals surface area (Å²) in [5, 5.41) is 8.77. The van der Waals surface area contributed by atoms with Crippen LogP contribution < -0.4 is 0 Å². The Bertz CT molecular complexity index is 457. The monoisotopic (exact) mass is 256 g/mol. The summed E-state index contributed by atoms with van der Waals surface area (Å²) < 4.78 is 0. The van der Waals surface area contributed by atoms with Crippen LogP contribution in [0, 0.1) is 17.2 Å². The summed E-state index contributed by atoms with van der Waals surface area (Å²) in [5.41, 5.74) is 4.48. The predicted molar refractivity (Wildman–Crippen MR) is 78.8 cm³/mol. The Kier molecular flexibility index (Phi) is 4.99. The molecule has 0 spiro atoms. The number of hydrogen-bond acceptors (Lipinski definition) is 2. The van der Waals surface area contributed by atoms with Gasteiger partial charge in [-0.05, 0) is 41.9 Å². The average molecular weight is 256 g/mol. The molecule has 102 valence electrons. The smallest absolute Gasteiger partial charge is 0.0635 e. The van der Waals surface area contributed by atoms with E-state index in [1.54, 1.807) is 5.56 Å². The predicted octanol–water partition coefficient (Wildman–Crippen LogP) is 3.55. The van der Waals surface area contributed by atoms with Gasteiger partial charge in [0.25, 0.3) is 0 Å². The summed E-state index contributed by atoms with van der Waals surface area (Å²) >= 11 is 0. The van der Waals surface area contributed by atoms with E-state index >= 15 is 0 Å². The number of nitrogens with zero attached hydrogens (tertiary/aromatic N) is 2. The summed E-state index contributed by atoms with van der Waals surface area (Å²) in [4.78, 5) is 2.41. The highest BCUT2D eigenvalue weighted by Gasteiger charge is 2.13. The lowest BCUT2D eigenvalue weighted by Crippen LogP contribution is -2.28. The number of rotatable bonds is 6. The first-order valence-electron chi connectivity index (χ1n) is 7.39. The molecule has 19 heavy (non-hydrogen) atoms. The number of nitriles is 1. The number of hydrogen-bond donors (Lipinski definition) is 0. The second-order valence-electron chi connectivity index (χ2n) is 5.99. The van der Waals surface area contributed by atoms with Crippen molar-refractivity contribution in [2.24, 2.45) is 5.92 Å². The molecule has 0 unspecified atom stereocenters. The molecule has 0 aliphatic heterocycles. The Morgan fingerprint density at radius 3 is 2.79 bits per heavy atom. The molecule has 0 saturated heterocycles. The normalized spacial score (nSPS) is 13.8. The number of fused-ring (bicyclic) bond motifs is 1. The van der Waals surface area contributed by atoms with Gasteiger partial charge in [-0.1, -0.05) is 32.0 Å². The quantitative estimate of drug-likeness (QED) is 0.778. The lowest BCUT2D eigenvalue weighted by molar-refractivity contribution is 0.241. The number of benzene rings is 1. The van der Waals surface area contributed by atoms with Crippen molar-refractivity contribution in [3.8, 4) is 6.07 Å². The fourth-order valence-corrected chi connectivity index (χ4v) is 2.94. The van der Waals surface area contributed by atoms with E-state index in [-0.39, 0.29) is 0 Å². The average Bonchev–Trinajstić information content (AvgIpc) is 2.82. The van der Waals surface area contributed by atoms with Crippen molar-refractivity contribution in [3.05, 3.63) is 34.9 Å². The van der Waals surface area contributed by atoms with Gasteiger partial charge in [-0.3, -0.25) is 4.90 Å². The maximum atomic E-state index is 8.77. The van der Waals surface area contributed by atoms with Gasteiger partial charge in [0.05, 0.1) is 6.07 Å². The molecule has 2 nitrogen and oxygen atoms in total. The van der Waals surface area contributed by atoms with Gasteiger partial charge in [0, 0.05) is 26.1 Å². The van der Waals surface area contributed by atoms with E-state index in [9.17, 15) is 0 Å². The van der Waals surface area contributed by atoms with Crippen molar-refractivity contribution in [2.45, 2.75) is 46.1 Å². The van der Waals surface area contributed by atoms with Gasteiger partial charge < -0.3 is 0 Å². The standard InChI is InChI=1S/C17H24N2/c1-14(2)12-19(10-4-9-18)13-15-7-8-16-5-3-6-17(16)11-15/h7-8,11,14H,3-6,10,12-13H2,1-2H3. The third kappa shape index (κ3) is 4.08. The van der Waals surface area contributed by atoms with Crippen molar-refractivity contribution in [3.63, 3.8) is 0 Å². The Morgan fingerprint density at radius 1 is 1.26 bits per heavy atom. The Labute approximate surface area is 117 Å². The van der Waals surface area contributed by atoms with Gasteiger partial charge in [-0.15, -0.1) is 0 Å². The largest absolute Gasteiger partial charge is 0.298 e. The van der Waals surface area contributed by atoms with Crippen molar-refractivity contribution < 1.29 is 0 Å². The zero-order valence-electron chi connectivity index (χ0n) is 12.2. The molecule has 0 radical (unpaired) electrons. The maximum absolute atomic E-state index is 8.77. The van der Waals surface area contributed by atoms with Crippen LogP contribution in [0.15, 0.2) is 18.2 Å². The lowest BCUT2D eigenvalue weighted by Gasteiger charge is -2.23. The van der Waals surface area contributed by atoms with Gasteiger partial charge in [-0.25, -0.2) is 0 Å². The van der Waals surface area contributed by atoms with E-state index in [1.807, 2.05) is 0 Å². The van der Waals surface area contributed by atoms with Crippen LogP contribution >= 0.6 is 0 Å². The molecular formula is C17H24N2. The van der Waals surface area contributed by atoms with E-state index in [0.29, 0.717) is 12.3 Å². The summed E-state index contributed by atoms with van der Waals surface area (Å²) in [6, 6.07) is 9.20. The fraction of sp³-hybridized carbons (Fsp3) is 0.588. The highest BCUT2D eigenvalue weighted by atomic mass is 15.1. The van der Waals surface area contributed by atoms with E-state index in [2.05, 4.69) is 43.0 Å². The topological polar surface area (TPSA) is 27.0 Å². The van der Waals surface area contributed by atoms with Crippen LogP contribution in [0.4, 0.5) is 0 Å². The zero-order valence-corrected chi connectivity index (χ0v) is 12.2. The highest BCUT2D eigenvalue weighted by molar-refractivity contribution is 5.35. The maximum Gasteiger partial charge on any atom is 0.0635 e. The van der Waals surface area contributed by atoms with Crippen molar-refractivity contribution in [1.29, 1.82) is 5.26 Å². The molecule has 0 fully saturated rings.